The number of esters is 1. The van der Waals surface area contributed by atoms with E-state index in [4.69, 9.17) is 0 Å². The molecule has 0 saturated carbocycles. The average Bonchev–Trinajstić information content (AvgIpc) is 2.27. The molecule has 0 heterocycles. The van der Waals surface area contributed by atoms with E-state index in [1.807, 2.05) is 0 Å². The second-order valence-corrected chi connectivity index (χ2v) is 3.84. The third-order valence-corrected chi connectivity index (χ3v) is 2.21. The van der Waals surface area contributed by atoms with Gasteiger partial charge in [-0.2, -0.15) is 8.78 Å². The van der Waals surface area contributed by atoms with Gasteiger partial charge in [-0.25, -0.2) is 4.79 Å². The molecule has 0 fully saturated rings. The summed E-state index contributed by atoms with van der Waals surface area (Å²) in [5.41, 5.74) is 0.690. The minimum absolute atomic E-state index is 0.123. The molecule has 0 spiro atoms. The van der Waals surface area contributed by atoms with Gasteiger partial charge in [-0.05, 0) is 5.56 Å². The van der Waals surface area contributed by atoms with Crippen molar-refractivity contribution in [3.63, 3.8) is 0 Å². The van der Waals surface area contributed by atoms with Gasteiger partial charge in [0.1, 0.15) is 6.61 Å². The second-order valence-electron chi connectivity index (χ2n) is 3.84. The number of carbonyl (C=O) groups is 1. The predicted octanol–water partition coefficient (Wildman–Crippen LogP) is 3.02. The number of hydrogen-bond acceptors (Lipinski definition) is 2. The van der Waals surface area contributed by atoms with Crippen molar-refractivity contribution in [3.05, 3.63) is 35.9 Å². The molecule has 0 N–H and O–H groups in total. The van der Waals surface area contributed by atoms with Crippen molar-refractivity contribution in [2.24, 2.45) is 5.92 Å². The number of carbonyl (C=O) groups excluding carboxylic acids is 1. The highest BCUT2D eigenvalue weighted by Gasteiger charge is 2.43. The Morgan fingerprint density at radius 3 is 2.38 bits per heavy atom. The van der Waals surface area contributed by atoms with E-state index in [1.54, 1.807) is 30.3 Å². The highest BCUT2D eigenvalue weighted by molar-refractivity contribution is 5.77. The summed E-state index contributed by atoms with van der Waals surface area (Å²) in [6.07, 6.45) is 0. The number of alkyl halides is 2. The third-order valence-electron chi connectivity index (χ3n) is 2.21. The molecule has 1 rings (SSSR count). The van der Waals surface area contributed by atoms with Crippen molar-refractivity contribution in [1.82, 2.24) is 0 Å². The van der Waals surface area contributed by atoms with Crippen LogP contribution in [-0.2, 0) is 16.1 Å². The first-order valence-corrected chi connectivity index (χ1v) is 5.03. The van der Waals surface area contributed by atoms with E-state index in [2.05, 4.69) is 4.74 Å². The van der Waals surface area contributed by atoms with Crippen LogP contribution in [0.2, 0.25) is 0 Å². The van der Waals surface area contributed by atoms with Crippen LogP contribution in [0.4, 0.5) is 8.78 Å². The van der Waals surface area contributed by atoms with Crippen LogP contribution in [0.1, 0.15) is 19.4 Å². The fourth-order valence-corrected chi connectivity index (χ4v) is 1.06. The Kier molecular flexibility index (Phi) is 3.99. The van der Waals surface area contributed by atoms with Crippen LogP contribution in [0.15, 0.2) is 30.3 Å². The standard InChI is InChI=1S/C12H14F2O2/c1-9(2)12(13,14)11(15)16-8-10-6-4-3-5-7-10/h3-7,9H,8H2,1-2H3. The average molecular weight is 228 g/mol. The van der Waals surface area contributed by atoms with E-state index in [9.17, 15) is 13.6 Å². The number of benzene rings is 1. The van der Waals surface area contributed by atoms with Gasteiger partial charge in [0.15, 0.2) is 0 Å². The lowest BCUT2D eigenvalue weighted by molar-refractivity contribution is -0.179. The minimum atomic E-state index is -3.42. The largest absolute Gasteiger partial charge is 0.456 e. The van der Waals surface area contributed by atoms with Gasteiger partial charge in [-0.3, -0.25) is 0 Å². The molecule has 88 valence electrons. The van der Waals surface area contributed by atoms with Crippen LogP contribution in [-0.4, -0.2) is 11.9 Å². The molecular formula is C12H14F2O2. The maximum Gasteiger partial charge on any atom is 0.377 e. The summed E-state index contributed by atoms with van der Waals surface area (Å²) < 4.78 is 30.9. The van der Waals surface area contributed by atoms with Gasteiger partial charge < -0.3 is 4.74 Å². The van der Waals surface area contributed by atoms with Crippen molar-refractivity contribution < 1.29 is 18.3 Å². The molecule has 0 radical (unpaired) electrons. The molecular weight excluding hydrogens is 214 g/mol. The zero-order valence-electron chi connectivity index (χ0n) is 9.24. The molecule has 0 bridgehead atoms. The quantitative estimate of drug-likeness (QED) is 0.740. The molecule has 0 aromatic heterocycles. The Balaban J connectivity index is 2.54. The first-order chi connectivity index (χ1) is 7.44. The highest BCUT2D eigenvalue weighted by Crippen LogP contribution is 2.25. The van der Waals surface area contributed by atoms with Crippen LogP contribution in [0.25, 0.3) is 0 Å². The van der Waals surface area contributed by atoms with E-state index in [0.717, 1.165) is 0 Å². The van der Waals surface area contributed by atoms with Crippen molar-refractivity contribution in [1.29, 1.82) is 0 Å². The van der Waals surface area contributed by atoms with Gasteiger partial charge >= 0.3 is 11.9 Å². The van der Waals surface area contributed by atoms with E-state index in [0.29, 0.717) is 5.56 Å². The zero-order valence-corrected chi connectivity index (χ0v) is 9.24. The molecule has 1 aromatic carbocycles. The van der Waals surface area contributed by atoms with Gasteiger partial charge in [-0.1, -0.05) is 44.2 Å². The molecule has 0 saturated heterocycles. The van der Waals surface area contributed by atoms with E-state index in [1.165, 1.54) is 13.8 Å². The molecule has 0 aliphatic rings. The summed E-state index contributed by atoms with van der Waals surface area (Å²) in [6.45, 7) is 2.44. The molecule has 0 aliphatic heterocycles. The Hall–Kier alpha value is -1.45. The predicted molar refractivity (Wildman–Crippen MR) is 56.0 cm³/mol. The van der Waals surface area contributed by atoms with Gasteiger partial charge in [-0.15, -0.1) is 0 Å². The van der Waals surface area contributed by atoms with Gasteiger partial charge in [0.25, 0.3) is 0 Å². The summed E-state index contributed by atoms with van der Waals surface area (Å²) in [5.74, 6) is -5.95. The van der Waals surface area contributed by atoms with Crippen molar-refractivity contribution in [3.8, 4) is 0 Å². The second kappa shape index (κ2) is 5.05. The third kappa shape index (κ3) is 3.02. The summed E-state index contributed by atoms with van der Waals surface area (Å²) in [4.78, 5) is 11.1. The highest BCUT2D eigenvalue weighted by atomic mass is 19.3. The van der Waals surface area contributed by atoms with E-state index < -0.39 is 17.8 Å². The summed E-state index contributed by atoms with van der Waals surface area (Å²) in [7, 11) is 0. The Morgan fingerprint density at radius 1 is 1.31 bits per heavy atom. The first-order valence-electron chi connectivity index (χ1n) is 5.03. The lowest BCUT2D eigenvalue weighted by Crippen LogP contribution is -2.35. The Morgan fingerprint density at radius 2 is 1.88 bits per heavy atom. The van der Waals surface area contributed by atoms with Gasteiger partial charge in [0.05, 0.1) is 0 Å². The Bertz CT molecular complexity index is 347. The molecule has 16 heavy (non-hydrogen) atoms. The normalized spacial score (nSPS) is 11.6. The molecule has 0 aliphatic carbocycles. The lowest BCUT2D eigenvalue weighted by Gasteiger charge is -2.18. The fourth-order valence-electron chi connectivity index (χ4n) is 1.06. The van der Waals surface area contributed by atoms with E-state index in [-0.39, 0.29) is 6.61 Å². The van der Waals surface area contributed by atoms with Crippen LogP contribution >= 0.6 is 0 Å². The van der Waals surface area contributed by atoms with Crippen LogP contribution in [0.3, 0.4) is 0 Å². The first kappa shape index (κ1) is 12.6. The van der Waals surface area contributed by atoms with Crippen molar-refractivity contribution in [2.75, 3.05) is 0 Å². The van der Waals surface area contributed by atoms with Crippen molar-refractivity contribution >= 4 is 5.97 Å². The lowest BCUT2D eigenvalue weighted by atomic mass is 10.1. The van der Waals surface area contributed by atoms with Crippen LogP contribution in [0.5, 0.6) is 0 Å². The molecule has 2 nitrogen and oxygen atoms in total. The molecule has 0 atom stereocenters. The van der Waals surface area contributed by atoms with Crippen LogP contribution in [0, 0.1) is 5.92 Å². The molecule has 0 amide bonds. The van der Waals surface area contributed by atoms with Crippen molar-refractivity contribution in [2.45, 2.75) is 26.4 Å². The summed E-state index contributed by atoms with van der Waals surface area (Å²) >= 11 is 0. The maximum atomic E-state index is 13.2. The molecule has 0 unspecified atom stereocenters. The maximum absolute atomic E-state index is 13.2. The van der Waals surface area contributed by atoms with Crippen LogP contribution < -0.4 is 0 Å². The monoisotopic (exact) mass is 228 g/mol. The van der Waals surface area contributed by atoms with Gasteiger partial charge in [0.2, 0.25) is 0 Å². The fraction of sp³-hybridized carbons (Fsp3) is 0.417. The van der Waals surface area contributed by atoms with E-state index >= 15 is 0 Å². The number of rotatable bonds is 4. The number of ether oxygens (including phenoxy) is 1. The zero-order chi connectivity index (χ0) is 12.2. The smallest absolute Gasteiger partial charge is 0.377 e. The molecule has 1 aromatic rings. The number of hydrogen-bond donors (Lipinski definition) is 0. The minimum Gasteiger partial charge on any atom is -0.456 e. The summed E-state index contributed by atoms with van der Waals surface area (Å²) in [5, 5.41) is 0. The summed E-state index contributed by atoms with van der Waals surface area (Å²) in [6, 6.07) is 8.73. The molecule has 4 heteroatoms. The number of halogens is 2. The topological polar surface area (TPSA) is 26.3 Å². The SMILES string of the molecule is CC(C)C(F)(F)C(=O)OCc1ccccc1. The van der Waals surface area contributed by atoms with Gasteiger partial charge in [0, 0.05) is 5.92 Å². The Labute approximate surface area is 93.2 Å².